The second-order valence-electron chi connectivity index (χ2n) is 8.11. The lowest BCUT2D eigenvalue weighted by Gasteiger charge is -2.09. The Bertz CT molecular complexity index is 1620. The molecule has 0 fully saturated rings. The Morgan fingerprint density at radius 2 is 0.848 bits per heavy atom. The van der Waals surface area contributed by atoms with Crippen molar-refractivity contribution in [3.05, 3.63) is 121 Å². The van der Waals surface area contributed by atoms with Gasteiger partial charge in [0.2, 0.25) is 5.28 Å². The SMILES string of the molecule is Clc1nc(-c2ccc(-c3ccc4ccccc4c3)cc2)cc(-c2ccc3ccccc3c2)n1. The number of rotatable bonds is 3. The fraction of sp³-hybridized carbons (Fsp3) is 0. The molecule has 5 aromatic carbocycles. The van der Waals surface area contributed by atoms with E-state index >= 15 is 0 Å². The molecule has 0 aliphatic heterocycles. The monoisotopic (exact) mass is 442 g/mol. The van der Waals surface area contributed by atoms with E-state index in [4.69, 9.17) is 11.6 Å². The zero-order valence-corrected chi connectivity index (χ0v) is 18.5. The highest BCUT2D eigenvalue weighted by Crippen LogP contribution is 2.30. The summed E-state index contributed by atoms with van der Waals surface area (Å²) in [5.74, 6) is 0. The molecule has 1 aromatic heterocycles. The zero-order valence-electron chi connectivity index (χ0n) is 17.7. The molecule has 0 saturated heterocycles. The van der Waals surface area contributed by atoms with Gasteiger partial charge in [-0.1, -0.05) is 97.1 Å². The average molecular weight is 443 g/mol. The van der Waals surface area contributed by atoms with Crippen LogP contribution < -0.4 is 0 Å². The van der Waals surface area contributed by atoms with Crippen LogP contribution >= 0.6 is 11.6 Å². The van der Waals surface area contributed by atoms with Gasteiger partial charge in [-0.15, -0.1) is 0 Å². The molecule has 0 aliphatic carbocycles. The van der Waals surface area contributed by atoms with E-state index in [1.54, 1.807) is 0 Å². The zero-order chi connectivity index (χ0) is 22.2. The van der Waals surface area contributed by atoms with Gasteiger partial charge in [-0.3, -0.25) is 0 Å². The van der Waals surface area contributed by atoms with Gasteiger partial charge in [-0.2, -0.15) is 0 Å². The Hall–Kier alpha value is -4.01. The van der Waals surface area contributed by atoms with Gasteiger partial charge < -0.3 is 0 Å². The maximum absolute atomic E-state index is 6.33. The van der Waals surface area contributed by atoms with E-state index in [0.717, 1.165) is 22.5 Å². The van der Waals surface area contributed by atoms with E-state index in [2.05, 4.69) is 107 Å². The standard InChI is InChI=1S/C30H19ClN2/c31-30-32-28(19-29(33-30)27-16-12-21-6-2-4-8-25(21)18-27)23-13-9-22(10-14-23)26-15-11-20-5-1-3-7-24(20)17-26/h1-19H. The quantitative estimate of drug-likeness (QED) is 0.257. The topological polar surface area (TPSA) is 25.8 Å². The third-order valence-corrected chi connectivity index (χ3v) is 6.18. The van der Waals surface area contributed by atoms with Crippen molar-refractivity contribution in [1.29, 1.82) is 0 Å². The Morgan fingerprint density at radius 1 is 0.394 bits per heavy atom. The van der Waals surface area contributed by atoms with Crippen LogP contribution in [0.15, 0.2) is 115 Å². The van der Waals surface area contributed by atoms with Gasteiger partial charge in [0.05, 0.1) is 11.4 Å². The molecule has 0 N–H and O–H groups in total. The van der Waals surface area contributed by atoms with Crippen molar-refractivity contribution in [1.82, 2.24) is 9.97 Å². The molecule has 0 radical (unpaired) electrons. The molecule has 0 bridgehead atoms. The van der Waals surface area contributed by atoms with Crippen LogP contribution in [-0.4, -0.2) is 9.97 Å². The first kappa shape index (κ1) is 19.7. The maximum Gasteiger partial charge on any atom is 0.223 e. The molecule has 0 spiro atoms. The van der Waals surface area contributed by atoms with E-state index in [1.165, 1.54) is 32.7 Å². The van der Waals surface area contributed by atoms with Crippen LogP contribution in [0.4, 0.5) is 0 Å². The smallest absolute Gasteiger partial charge is 0.218 e. The minimum absolute atomic E-state index is 0.245. The Morgan fingerprint density at radius 3 is 1.48 bits per heavy atom. The molecule has 156 valence electrons. The predicted molar refractivity (Wildman–Crippen MR) is 138 cm³/mol. The number of aromatic nitrogens is 2. The highest BCUT2D eigenvalue weighted by atomic mass is 35.5. The molecule has 0 amide bonds. The molecule has 33 heavy (non-hydrogen) atoms. The number of fused-ring (bicyclic) bond motifs is 2. The minimum Gasteiger partial charge on any atom is -0.218 e. The third-order valence-electron chi connectivity index (χ3n) is 6.01. The summed E-state index contributed by atoms with van der Waals surface area (Å²) in [7, 11) is 0. The van der Waals surface area contributed by atoms with Crippen LogP contribution in [0.2, 0.25) is 5.28 Å². The van der Waals surface area contributed by atoms with Crippen LogP contribution in [0.1, 0.15) is 0 Å². The first-order valence-corrected chi connectivity index (χ1v) is 11.2. The van der Waals surface area contributed by atoms with Gasteiger partial charge in [0.15, 0.2) is 0 Å². The number of hydrogen-bond acceptors (Lipinski definition) is 2. The Balaban J connectivity index is 1.36. The van der Waals surface area contributed by atoms with Crippen molar-refractivity contribution in [2.45, 2.75) is 0 Å². The summed E-state index contributed by atoms with van der Waals surface area (Å²) in [6.45, 7) is 0. The van der Waals surface area contributed by atoms with E-state index in [0.29, 0.717) is 0 Å². The van der Waals surface area contributed by atoms with E-state index < -0.39 is 0 Å². The summed E-state index contributed by atoms with van der Waals surface area (Å²) in [4.78, 5) is 8.97. The molecule has 6 rings (SSSR count). The molecule has 1 heterocycles. The number of halogens is 1. The number of nitrogens with zero attached hydrogens (tertiary/aromatic N) is 2. The fourth-order valence-electron chi connectivity index (χ4n) is 4.26. The summed E-state index contributed by atoms with van der Waals surface area (Å²) in [6.07, 6.45) is 0. The van der Waals surface area contributed by atoms with Gasteiger partial charge in [0, 0.05) is 11.1 Å². The molecular formula is C30H19ClN2. The summed E-state index contributed by atoms with van der Waals surface area (Å²) in [5.41, 5.74) is 6.01. The summed E-state index contributed by atoms with van der Waals surface area (Å²) in [5, 5.41) is 5.10. The van der Waals surface area contributed by atoms with Gasteiger partial charge in [-0.05, 0) is 62.5 Å². The van der Waals surface area contributed by atoms with Crippen molar-refractivity contribution < 1.29 is 0 Å². The van der Waals surface area contributed by atoms with Gasteiger partial charge in [-0.25, -0.2) is 9.97 Å². The van der Waals surface area contributed by atoms with Crippen LogP contribution in [-0.2, 0) is 0 Å². The van der Waals surface area contributed by atoms with Crippen molar-refractivity contribution >= 4 is 33.1 Å². The molecule has 0 aliphatic rings. The van der Waals surface area contributed by atoms with Gasteiger partial charge in [0.25, 0.3) is 0 Å². The Kier molecular flexibility index (Phi) is 4.86. The first-order chi connectivity index (χ1) is 16.2. The average Bonchev–Trinajstić information content (AvgIpc) is 2.88. The molecule has 0 saturated carbocycles. The van der Waals surface area contributed by atoms with Crippen molar-refractivity contribution in [3.8, 4) is 33.6 Å². The van der Waals surface area contributed by atoms with E-state index in [9.17, 15) is 0 Å². The lowest BCUT2D eigenvalue weighted by atomic mass is 9.99. The lowest BCUT2D eigenvalue weighted by Crippen LogP contribution is -1.92. The molecule has 6 aromatic rings. The number of benzene rings is 5. The highest BCUT2D eigenvalue weighted by Gasteiger charge is 2.09. The van der Waals surface area contributed by atoms with Crippen molar-refractivity contribution in [2.24, 2.45) is 0 Å². The molecule has 0 atom stereocenters. The normalized spacial score (nSPS) is 11.2. The molecule has 0 unspecified atom stereocenters. The molecular weight excluding hydrogens is 424 g/mol. The minimum atomic E-state index is 0.245. The van der Waals surface area contributed by atoms with Crippen LogP contribution in [0.3, 0.4) is 0 Å². The van der Waals surface area contributed by atoms with Crippen LogP contribution in [0.25, 0.3) is 55.2 Å². The predicted octanol–water partition coefficient (Wildman–Crippen LogP) is 8.44. The number of hydrogen-bond donors (Lipinski definition) is 0. The summed E-state index contributed by atoms with van der Waals surface area (Å²) >= 11 is 6.33. The second-order valence-corrected chi connectivity index (χ2v) is 8.45. The highest BCUT2D eigenvalue weighted by molar-refractivity contribution is 6.28. The summed E-state index contributed by atoms with van der Waals surface area (Å²) < 4.78 is 0. The van der Waals surface area contributed by atoms with Crippen LogP contribution in [0.5, 0.6) is 0 Å². The van der Waals surface area contributed by atoms with Crippen LogP contribution in [0, 0.1) is 0 Å². The first-order valence-electron chi connectivity index (χ1n) is 10.9. The molecule has 2 nitrogen and oxygen atoms in total. The Labute approximate surface area is 197 Å². The maximum atomic E-state index is 6.33. The largest absolute Gasteiger partial charge is 0.223 e. The van der Waals surface area contributed by atoms with E-state index in [1.807, 2.05) is 18.2 Å². The molecule has 3 heteroatoms. The lowest BCUT2D eigenvalue weighted by molar-refractivity contribution is 1.18. The third kappa shape index (κ3) is 3.86. The van der Waals surface area contributed by atoms with Crippen molar-refractivity contribution in [2.75, 3.05) is 0 Å². The van der Waals surface area contributed by atoms with Gasteiger partial charge in [0.1, 0.15) is 0 Å². The van der Waals surface area contributed by atoms with Gasteiger partial charge >= 0.3 is 0 Å². The summed E-state index contributed by atoms with van der Waals surface area (Å²) in [6, 6.07) is 40.0. The fourth-order valence-corrected chi connectivity index (χ4v) is 4.45. The second kappa shape index (κ2) is 8.16. The van der Waals surface area contributed by atoms with E-state index in [-0.39, 0.29) is 5.28 Å². The van der Waals surface area contributed by atoms with Crippen molar-refractivity contribution in [3.63, 3.8) is 0 Å².